The summed E-state index contributed by atoms with van der Waals surface area (Å²) in [5.74, 6) is -4.67. The van der Waals surface area contributed by atoms with Crippen molar-refractivity contribution in [3.8, 4) is 11.1 Å². The first-order valence-electron chi connectivity index (χ1n) is 15.2. The molecule has 15 nitrogen and oxygen atoms in total. The zero-order chi connectivity index (χ0) is 35.1. The maximum Gasteiger partial charge on any atom is 0.407 e. The molecule has 7 atom stereocenters. The van der Waals surface area contributed by atoms with Crippen molar-refractivity contribution in [3.05, 3.63) is 59.7 Å². The highest BCUT2D eigenvalue weighted by Gasteiger charge is 2.52. The van der Waals surface area contributed by atoms with Crippen LogP contribution >= 0.6 is 0 Å². The Morgan fingerprint density at radius 2 is 1.35 bits per heavy atom. The van der Waals surface area contributed by atoms with E-state index in [1.165, 1.54) is 6.92 Å². The van der Waals surface area contributed by atoms with E-state index in [1.54, 1.807) is 0 Å². The molecule has 2 aliphatic rings. The third kappa shape index (κ3) is 8.66. The Balaban J connectivity index is 1.52. The maximum atomic E-state index is 13.0. The second kappa shape index (κ2) is 15.7. The average molecular weight is 671 g/mol. The summed E-state index contributed by atoms with van der Waals surface area (Å²) in [5, 5.41) is 14.9. The van der Waals surface area contributed by atoms with Crippen LogP contribution < -0.4 is 10.6 Å². The molecule has 0 radical (unpaired) electrons. The predicted octanol–water partition coefficient (Wildman–Crippen LogP) is 2.04. The minimum Gasteiger partial charge on any atom is -0.480 e. The average Bonchev–Trinajstić information content (AvgIpc) is 3.33. The lowest BCUT2D eigenvalue weighted by molar-refractivity contribution is -0.287. The summed E-state index contributed by atoms with van der Waals surface area (Å²) in [4.78, 5) is 73.2. The molecule has 2 aromatic carbocycles. The number of carbonyl (C=O) groups excluding carboxylic acids is 5. The number of hydrogen-bond acceptors (Lipinski definition) is 12. The first-order chi connectivity index (χ1) is 22.8. The summed E-state index contributed by atoms with van der Waals surface area (Å²) in [6.07, 6.45) is -7.98. The monoisotopic (exact) mass is 670 g/mol. The Hall–Kier alpha value is -5.02. The Kier molecular flexibility index (Phi) is 11.7. The van der Waals surface area contributed by atoms with Crippen molar-refractivity contribution in [1.29, 1.82) is 0 Å². The van der Waals surface area contributed by atoms with E-state index in [-0.39, 0.29) is 12.5 Å². The van der Waals surface area contributed by atoms with Crippen LogP contribution in [0.4, 0.5) is 4.79 Å². The number of rotatable bonds is 12. The lowest BCUT2D eigenvalue weighted by Crippen LogP contribution is -2.67. The number of carboxylic acid groups (broad SMARTS) is 1. The number of hydrogen-bond donors (Lipinski definition) is 3. The number of amides is 2. The molecular formula is C33H38N2O13. The molecule has 1 aliphatic carbocycles. The molecule has 258 valence electrons. The van der Waals surface area contributed by atoms with Crippen LogP contribution in [0.25, 0.3) is 11.1 Å². The molecular weight excluding hydrogens is 632 g/mol. The van der Waals surface area contributed by atoms with Crippen molar-refractivity contribution >= 4 is 35.9 Å². The van der Waals surface area contributed by atoms with Gasteiger partial charge in [0, 0.05) is 33.6 Å². The SMILES string of the molecule is CC(=O)N[C@H]1[C@@H](OC(C)[C@H](NC(=O)OCC2c3ccccc3-c3ccccc32)C(=O)O)O[C@H](COC(C)=O)[C@H](OC(C)=O)[C@@H]1OC(C)=O. The van der Waals surface area contributed by atoms with Gasteiger partial charge in [0.15, 0.2) is 24.5 Å². The van der Waals surface area contributed by atoms with Crippen molar-refractivity contribution in [2.75, 3.05) is 13.2 Å². The van der Waals surface area contributed by atoms with Gasteiger partial charge >= 0.3 is 30.0 Å². The third-order valence-electron chi connectivity index (χ3n) is 7.77. The van der Waals surface area contributed by atoms with Gasteiger partial charge in [0.25, 0.3) is 0 Å². The van der Waals surface area contributed by atoms with Gasteiger partial charge in [-0.1, -0.05) is 48.5 Å². The lowest BCUT2D eigenvalue weighted by atomic mass is 9.95. The summed E-state index contributed by atoms with van der Waals surface area (Å²) >= 11 is 0. The molecule has 3 N–H and O–H groups in total. The zero-order valence-corrected chi connectivity index (χ0v) is 27.0. The molecule has 4 rings (SSSR count). The number of carboxylic acids is 1. The second-order valence-electron chi connectivity index (χ2n) is 11.3. The standard InChI is InChI=1S/C33H38N2O13/c1-16(27(31(40)41)35-33(42)44-14-25-23-12-8-6-10-21(23)22-11-7-9-13-24(22)25)45-32-28(34-17(2)36)30(47-20(5)39)29(46-19(4)38)26(48-32)15-43-18(3)37/h6-13,16,25-30,32H,14-15H2,1-5H3,(H,34,36)(H,35,42)(H,40,41)/t16?,26-,27+,28-,29+,30-,32+/m1/s1. The summed E-state index contributed by atoms with van der Waals surface area (Å²) in [6, 6.07) is 12.4. The van der Waals surface area contributed by atoms with Crippen LogP contribution in [0.3, 0.4) is 0 Å². The van der Waals surface area contributed by atoms with Gasteiger partial charge in [0.05, 0.1) is 6.10 Å². The molecule has 1 heterocycles. The molecule has 1 saturated heterocycles. The van der Waals surface area contributed by atoms with Crippen LogP contribution in [-0.2, 0) is 52.4 Å². The van der Waals surface area contributed by atoms with E-state index in [2.05, 4.69) is 10.6 Å². The molecule has 0 bridgehead atoms. The molecule has 2 amide bonds. The molecule has 0 saturated carbocycles. The summed E-state index contributed by atoms with van der Waals surface area (Å²) in [6.45, 7) is 5.26. The van der Waals surface area contributed by atoms with Crippen LogP contribution in [0.1, 0.15) is 51.7 Å². The van der Waals surface area contributed by atoms with Crippen LogP contribution in [0.2, 0.25) is 0 Å². The topological polar surface area (TPSA) is 202 Å². The number of aliphatic carboxylic acids is 1. The van der Waals surface area contributed by atoms with E-state index < -0.39 is 85.3 Å². The van der Waals surface area contributed by atoms with E-state index in [0.29, 0.717) is 0 Å². The Labute approximate surface area is 276 Å². The first kappa shape index (κ1) is 35.8. The number of fused-ring (bicyclic) bond motifs is 3. The van der Waals surface area contributed by atoms with Crippen molar-refractivity contribution in [1.82, 2.24) is 10.6 Å². The molecule has 1 aliphatic heterocycles. The van der Waals surface area contributed by atoms with Crippen LogP contribution in [0.15, 0.2) is 48.5 Å². The van der Waals surface area contributed by atoms with Gasteiger partial charge in [0.2, 0.25) is 5.91 Å². The van der Waals surface area contributed by atoms with E-state index in [1.807, 2.05) is 48.5 Å². The Morgan fingerprint density at radius 3 is 1.88 bits per heavy atom. The van der Waals surface area contributed by atoms with Gasteiger partial charge in [-0.15, -0.1) is 0 Å². The summed E-state index contributed by atoms with van der Waals surface area (Å²) < 4.78 is 33.2. The van der Waals surface area contributed by atoms with E-state index >= 15 is 0 Å². The molecule has 15 heteroatoms. The van der Waals surface area contributed by atoms with Gasteiger partial charge in [-0.2, -0.15) is 0 Å². The van der Waals surface area contributed by atoms with Crippen molar-refractivity contribution < 1.29 is 62.3 Å². The van der Waals surface area contributed by atoms with Crippen LogP contribution in [0, 0.1) is 0 Å². The Morgan fingerprint density at radius 1 is 0.792 bits per heavy atom. The fourth-order valence-corrected chi connectivity index (χ4v) is 5.84. The van der Waals surface area contributed by atoms with Crippen molar-refractivity contribution in [2.24, 2.45) is 0 Å². The predicted molar refractivity (Wildman–Crippen MR) is 164 cm³/mol. The maximum absolute atomic E-state index is 13.0. The van der Waals surface area contributed by atoms with Gasteiger partial charge in [-0.3, -0.25) is 19.2 Å². The van der Waals surface area contributed by atoms with Gasteiger partial charge in [-0.05, 0) is 29.2 Å². The van der Waals surface area contributed by atoms with E-state index in [4.69, 9.17) is 28.4 Å². The number of ether oxygens (including phenoxy) is 6. The minimum atomic E-state index is -1.69. The minimum absolute atomic E-state index is 0.0722. The Bertz CT molecular complexity index is 1500. The van der Waals surface area contributed by atoms with Crippen molar-refractivity contribution in [3.63, 3.8) is 0 Å². The number of carbonyl (C=O) groups is 6. The normalized spacial score (nSPS) is 22.6. The fraction of sp³-hybridized carbons (Fsp3) is 0.455. The van der Waals surface area contributed by atoms with Crippen LogP contribution in [0.5, 0.6) is 0 Å². The highest BCUT2D eigenvalue weighted by atomic mass is 16.7. The van der Waals surface area contributed by atoms with Gasteiger partial charge in [0.1, 0.15) is 25.4 Å². The molecule has 0 aromatic heterocycles. The molecule has 0 spiro atoms. The smallest absolute Gasteiger partial charge is 0.407 e. The summed E-state index contributed by atoms with van der Waals surface area (Å²) in [7, 11) is 0. The fourth-order valence-electron chi connectivity index (χ4n) is 5.84. The largest absolute Gasteiger partial charge is 0.480 e. The number of benzene rings is 2. The number of nitrogens with one attached hydrogen (secondary N) is 2. The van der Waals surface area contributed by atoms with E-state index in [9.17, 15) is 33.9 Å². The number of alkyl carbamates (subject to hydrolysis) is 1. The highest BCUT2D eigenvalue weighted by molar-refractivity contribution is 5.81. The third-order valence-corrected chi connectivity index (χ3v) is 7.77. The zero-order valence-electron chi connectivity index (χ0n) is 27.0. The van der Waals surface area contributed by atoms with Crippen molar-refractivity contribution in [2.45, 2.75) is 83.3 Å². The van der Waals surface area contributed by atoms with Crippen LogP contribution in [-0.4, -0.2) is 97.0 Å². The molecule has 1 fully saturated rings. The first-order valence-corrected chi connectivity index (χ1v) is 15.2. The quantitative estimate of drug-likeness (QED) is 0.219. The van der Waals surface area contributed by atoms with E-state index in [0.717, 1.165) is 49.9 Å². The van der Waals surface area contributed by atoms with Gasteiger partial charge < -0.3 is 44.2 Å². The highest BCUT2D eigenvalue weighted by Crippen LogP contribution is 2.44. The molecule has 48 heavy (non-hydrogen) atoms. The summed E-state index contributed by atoms with van der Waals surface area (Å²) in [5.41, 5.74) is 3.97. The number of esters is 3. The lowest BCUT2D eigenvalue weighted by Gasteiger charge is -2.45. The molecule has 1 unspecified atom stereocenters. The molecule has 2 aromatic rings. The second-order valence-corrected chi connectivity index (χ2v) is 11.3. The van der Waals surface area contributed by atoms with Gasteiger partial charge in [-0.25, -0.2) is 9.59 Å².